The minimum Gasteiger partial charge on any atom is -0.456 e. The van der Waals surface area contributed by atoms with Crippen LogP contribution in [0.1, 0.15) is 27.3 Å². The summed E-state index contributed by atoms with van der Waals surface area (Å²) in [7, 11) is 0. The summed E-state index contributed by atoms with van der Waals surface area (Å²) in [6.45, 7) is 4.11. The van der Waals surface area contributed by atoms with Gasteiger partial charge < -0.3 is 9.72 Å². The average molecular weight is 229 g/mol. The molecule has 0 aliphatic heterocycles. The number of aromatic amines is 1. The van der Waals surface area contributed by atoms with Crippen molar-refractivity contribution in [2.75, 3.05) is 0 Å². The van der Waals surface area contributed by atoms with E-state index in [2.05, 4.69) is 4.98 Å². The molecule has 0 aliphatic carbocycles. The zero-order chi connectivity index (χ0) is 12.3. The first-order valence-electron chi connectivity index (χ1n) is 5.54. The smallest absolute Gasteiger partial charge is 0.355 e. The van der Waals surface area contributed by atoms with Crippen LogP contribution in [0.3, 0.4) is 0 Å². The molecule has 1 heterocycles. The van der Waals surface area contributed by atoms with Gasteiger partial charge in [0.25, 0.3) is 0 Å². The van der Waals surface area contributed by atoms with Crippen molar-refractivity contribution in [1.29, 1.82) is 0 Å². The largest absolute Gasteiger partial charge is 0.456 e. The third kappa shape index (κ3) is 2.75. The Morgan fingerprint density at radius 2 is 1.94 bits per heavy atom. The lowest BCUT2D eigenvalue weighted by atomic mass is 10.2. The molecule has 3 nitrogen and oxygen atoms in total. The number of aryl methyl sites for hydroxylation is 2. The number of hydrogen-bond donors (Lipinski definition) is 1. The first-order chi connectivity index (χ1) is 8.16. The molecule has 0 unspecified atom stereocenters. The Balaban J connectivity index is 2.01. The predicted octanol–water partition coefficient (Wildman–Crippen LogP) is 2.99. The Labute approximate surface area is 100 Å². The summed E-state index contributed by atoms with van der Waals surface area (Å²) in [6, 6.07) is 11.6. The van der Waals surface area contributed by atoms with Gasteiger partial charge in [0, 0.05) is 5.69 Å². The second kappa shape index (κ2) is 4.87. The highest BCUT2D eigenvalue weighted by molar-refractivity contribution is 5.89. The van der Waals surface area contributed by atoms with Gasteiger partial charge in [0.05, 0.1) is 0 Å². The number of ether oxygens (including phenoxy) is 1. The maximum atomic E-state index is 11.8. The van der Waals surface area contributed by atoms with E-state index in [-0.39, 0.29) is 5.97 Å². The predicted molar refractivity (Wildman–Crippen MR) is 65.8 cm³/mol. The van der Waals surface area contributed by atoms with E-state index in [4.69, 9.17) is 4.74 Å². The van der Waals surface area contributed by atoms with Crippen LogP contribution in [0.4, 0.5) is 0 Å². The number of aromatic nitrogens is 1. The fourth-order valence-corrected chi connectivity index (χ4v) is 1.74. The molecule has 1 aromatic heterocycles. The SMILES string of the molecule is Cc1cc(C)c(C(=O)OCc2ccccc2)[nH]1. The third-order valence-electron chi connectivity index (χ3n) is 2.57. The summed E-state index contributed by atoms with van der Waals surface area (Å²) in [4.78, 5) is 14.8. The van der Waals surface area contributed by atoms with E-state index in [1.54, 1.807) is 0 Å². The first-order valence-corrected chi connectivity index (χ1v) is 5.54. The van der Waals surface area contributed by atoms with Gasteiger partial charge in [-0.25, -0.2) is 4.79 Å². The molecule has 0 aliphatic rings. The number of H-pyrrole nitrogens is 1. The average Bonchev–Trinajstić information content (AvgIpc) is 2.67. The van der Waals surface area contributed by atoms with Crippen molar-refractivity contribution < 1.29 is 9.53 Å². The maximum absolute atomic E-state index is 11.8. The quantitative estimate of drug-likeness (QED) is 0.822. The van der Waals surface area contributed by atoms with Gasteiger partial charge in [0.15, 0.2) is 0 Å². The van der Waals surface area contributed by atoms with Crippen molar-refractivity contribution in [2.45, 2.75) is 20.5 Å². The number of carbonyl (C=O) groups excluding carboxylic acids is 1. The Morgan fingerprint density at radius 3 is 2.53 bits per heavy atom. The fraction of sp³-hybridized carbons (Fsp3) is 0.214. The highest BCUT2D eigenvalue weighted by Gasteiger charge is 2.12. The molecule has 88 valence electrons. The molecule has 0 spiro atoms. The van der Waals surface area contributed by atoms with Crippen LogP contribution < -0.4 is 0 Å². The molecule has 0 bridgehead atoms. The highest BCUT2D eigenvalue weighted by Crippen LogP contribution is 2.11. The molecule has 0 atom stereocenters. The van der Waals surface area contributed by atoms with Crippen molar-refractivity contribution in [1.82, 2.24) is 4.98 Å². The summed E-state index contributed by atoms with van der Waals surface area (Å²) < 4.78 is 5.24. The lowest BCUT2D eigenvalue weighted by Gasteiger charge is -2.04. The van der Waals surface area contributed by atoms with Crippen LogP contribution in [0.2, 0.25) is 0 Å². The van der Waals surface area contributed by atoms with Crippen molar-refractivity contribution in [3.63, 3.8) is 0 Å². The van der Waals surface area contributed by atoms with E-state index in [0.29, 0.717) is 12.3 Å². The number of nitrogens with one attached hydrogen (secondary N) is 1. The molecular weight excluding hydrogens is 214 g/mol. The van der Waals surface area contributed by atoms with Crippen molar-refractivity contribution in [3.05, 3.63) is 58.9 Å². The Hall–Kier alpha value is -2.03. The van der Waals surface area contributed by atoms with Gasteiger partial charge in [-0.05, 0) is 31.0 Å². The van der Waals surface area contributed by atoms with Crippen LogP contribution in [0, 0.1) is 13.8 Å². The molecule has 1 aromatic carbocycles. The highest BCUT2D eigenvalue weighted by atomic mass is 16.5. The van der Waals surface area contributed by atoms with Gasteiger partial charge in [-0.1, -0.05) is 30.3 Å². The summed E-state index contributed by atoms with van der Waals surface area (Å²) in [5.74, 6) is -0.306. The number of rotatable bonds is 3. The molecule has 3 heteroatoms. The van der Waals surface area contributed by atoms with Crippen LogP contribution in [0.15, 0.2) is 36.4 Å². The zero-order valence-corrected chi connectivity index (χ0v) is 9.99. The molecule has 0 saturated carbocycles. The van der Waals surface area contributed by atoms with E-state index < -0.39 is 0 Å². The van der Waals surface area contributed by atoms with Crippen LogP contribution in [-0.2, 0) is 11.3 Å². The van der Waals surface area contributed by atoms with E-state index in [1.807, 2.05) is 50.2 Å². The molecular formula is C14H15NO2. The molecule has 0 saturated heterocycles. The Kier molecular flexibility index (Phi) is 3.28. The summed E-state index contributed by atoms with van der Waals surface area (Å²) in [6.07, 6.45) is 0. The normalized spacial score (nSPS) is 10.2. The summed E-state index contributed by atoms with van der Waals surface area (Å²) >= 11 is 0. The van der Waals surface area contributed by atoms with E-state index in [9.17, 15) is 4.79 Å². The second-order valence-corrected chi connectivity index (χ2v) is 4.07. The monoisotopic (exact) mass is 229 g/mol. The van der Waals surface area contributed by atoms with E-state index in [1.165, 1.54) is 0 Å². The van der Waals surface area contributed by atoms with Crippen molar-refractivity contribution >= 4 is 5.97 Å². The van der Waals surface area contributed by atoms with Gasteiger partial charge in [-0.2, -0.15) is 0 Å². The zero-order valence-electron chi connectivity index (χ0n) is 9.99. The molecule has 0 fully saturated rings. The van der Waals surface area contributed by atoms with Crippen molar-refractivity contribution in [2.24, 2.45) is 0 Å². The molecule has 2 rings (SSSR count). The molecule has 1 N–H and O–H groups in total. The van der Waals surface area contributed by atoms with Crippen LogP contribution in [0.25, 0.3) is 0 Å². The maximum Gasteiger partial charge on any atom is 0.355 e. The standard InChI is InChI=1S/C14H15NO2/c1-10-8-11(2)15-13(10)14(16)17-9-12-6-4-3-5-7-12/h3-8,15H,9H2,1-2H3. The first kappa shape index (κ1) is 11.5. The van der Waals surface area contributed by atoms with Gasteiger partial charge in [-0.3, -0.25) is 0 Å². The van der Waals surface area contributed by atoms with E-state index in [0.717, 1.165) is 16.8 Å². The number of benzene rings is 1. The fourth-order valence-electron chi connectivity index (χ4n) is 1.74. The molecule has 0 radical (unpaired) electrons. The number of hydrogen-bond acceptors (Lipinski definition) is 2. The topological polar surface area (TPSA) is 42.1 Å². The Bertz CT molecular complexity index is 514. The summed E-state index contributed by atoms with van der Waals surface area (Å²) in [5, 5.41) is 0. The van der Waals surface area contributed by atoms with Gasteiger partial charge in [0.1, 0.15) is 12.3 Å². The van der Waals surface area contributed by atoms with Gasteiger partial charge >= 0.3 is 5.97 Å². The van der Waals surface area contributed by atoms with Crippen molar-refractivity contribution in [3.8, 4) is 0 Å². The second-order valence-electron chi connectivity index (χ2n) is 4.07. The summed E-state index contributed by atoms with van der Waals surface area (Å²) in [5.41, 5.74) is 3.41. The van der Waals surface area contributed by atoms with Gasteiger partial charge in [0.2, 0.25) is 0 Å². The van der Waals surface area contributed by atoms with Crippen LogP contribution in [0.5, 0.6) is 0 Å². The minimum atomic E-state index is -0.306. The Morgan fingerprint density at radius 1 is 1.24 bits per heavy atom. The lowest BCUT2D eigenvalue weighted by molar-refractivity contribution is 0.0465. The van der Waals surface area contributed by atoms with Crippen LogP contribution in [-0.4, -0.2) is 11.0 Å². The van der Waals surface area contributed by atoms with Crippen LogP contribution >= 0.6 is 0 Å². The van der Waals surface area contributed by atoms with Gasteiger partial charge in [-0.15, -0.1) is 0 Å². The number of esters is 1. The molecule has 2 aromatic rings. The molecule has 17 heavy (non-hydrogen) atoms. The third-order valence-corrected chi connectivity index (χ3v) is 2.57. The molecule has 0 amide bonds. The minimum absolute atomic E-state index is 0.303. The van der Waals surface area contributed by atoms with E-state index >= 15 is 0 Å². The lowest BCUT2D eigenvalue weighted by Crippen LogP contribution is -2.07. The number of carbonyl (C=O) groups is 1.